The lowest BCUT2D eigenvalue weighted by molar-refractivity contribution is 0.627. The lowest BCUT2D eigenvalue weighted by Gasteiger charge is -2.32. The minimum absolute atomic E-state index is 0.345. The van der Waals surface area contributed by atoms with Crippen molar-refractivity contribution in [1.82, 2.24) is 0 Å². The van der Waals surface area contributed by atoms with Crippen LogP contribution >= 0.6 is 0 Å². The summed E-state index contributed by atoms with van der Waals surface area (Å²) in [6.45, 7) is 0. The van der Waals surface area contributed by atoms with E-state index < -0.39 is 5.41 Å². The smallest absolute Gasteiger partial charge is 0.125 e. The average Bonchev–Trinajstić information content (AvgIpc) is 3.45. The Bertz CT molecular complexity index is 1850. The van der Waals surface area contributed by atoms with Gasteiger partial charge < -0.3 is 4.90 Å². The van der Waals surface area contributed by atoms with Gasteiger partial charge in [-0.3, -0.25) is 0 Å². The van der Waals surface area contributed by atoms with Crippen molar-refractivity contribution in [2.75, 3.05) is 4.90 Å². The van der Waals surface area contributed by atoms with Crippen molar-refractivity contribution < 1.29 is 8.78 Å². The molecule has 0 saturated carbocycles. The van der Waals surface area contributed by atoms with Gasteiger partial charge in [0.25, 0.3) is 0 Å². The van der Waals surface area contributed by atoms with Crippen LogP contribution in [0.2, 0.25) is 0 Å². The van der Waals surface area contributed by atoms with E-state index in [2.05, 4.69) is 91.0 Å². The average molecular weight is 520 g/mol. The Kier molecular flexibility index (Phi) is 4.86. The van der Waals surface area contributed by atoms with Gasteiger partial charge in [-0.25, -0.2) is 8.78 Å². The number of rotatable bonds is 3. The fraction of sp³-hybridized carbons (Fsp3) is 0.0270. The molecule has 8 rings (SSSR count). The minimum Gasteiger partial charge on any atom is -0.310 e. The molecule has 0 aromatic heterocycles. The second kappa shape index (κ2) is 8.49. The summed E-state index contributed by atoms with van der Waals surface area (Å²) in [5, 5.41) is 0. The van der Waals surface area contributed by atoms with Gasteiger partial charge in [0, 0.05) is 17.1 Å². The van der Waals surface area contributed by atoms with Crippen molar-refractivity contribution in [2.45, 2.75) is 5.41 Å². The van der Waals surface area contributed by atoms with E-state index in [-0.39, 0.29) is 11.6 Å². The molecule has 1 spiro atoms. The molecule has 190 valence electrons. The first-order chi connectivity index (χ1) is 19.7. The van der Waals surface area contributed by atoms with Crippen LogP contribution < -0.4 is 4.90 Å². The molecule has 1 nitrogen and oxygen atoms in total. The zero-order valence-electron chi connectivity index (χ0n) is 21.5. The molecule has 6 aromatic rings. The predicted octanol–water partition coefficient (Wildman–Crippen LogP) is 9.78. The summed E-state index contributed by atoms with van der Waals surface area (Å²) >= 11 is 0. The maximum absolute atomic E-state index is 14.5. The molecular formula is C37H23F2N. The summed E-state index contributed by atoms with van der Waals surface area (Å²) in [6, 6.07) is 45.3. The molecule has 0 heterocycles. The first-order valence-electron chi connectivity index (χ1n) is 13.4. The van der Waals surface area contributed by atoms with E-state index in [0.717, 1.165) is 5.69 Å². The zero-order valence-corrected chi connectivity index (χ0v) is 21.5. The Balaban J connectivity index is 1.45. The molecule has 40 heavy (non-hydrogen) atoms. The Morgan fingerprint density at radius 2 is 0.800 bits per heavy atom. The first-order valence-corrected chi connectivity index (χ1v) is 13.4. The van der Waals surface area contributed by atoms with Crippen LogP contribution in [0.1, 0.15) is 22.3 Å². The fourth-order valence-corrected chi connectivity index (χ4v) is 6.90. The predicted molar refractivity (Wildman–Crippen MR) is 157 cm³/mol. The molecule has 0 amide bonds. The number of hydrogen-bond donors (Lipinski definition) is 0. The van der Waals surface area contributed by atoms with Crippen LogP contribution in [0, 0.1) is 11.6 Å². The van der Waals surface area contributed by atoms with Crippen LogP contribution in [0.3, 0.4) is 0 Å². The van der Waals surface area contributed by atoms with Crippen molar-refractivity contribution in [1.29, 1.82) is 0 Å². The molecule has 0 atom stereocenters. The quantitative estimate of drug-likeness (QED) is 0.225. The highest BCUT2D eigenvalue weighted by molar-refractivity contribution is 5.96. The van der Waals surface area contributed by atoms with E-state index in [4.69, 9.17) is 0 Å². The van der Waals surface area contributed by atoms with Crippen molar-refractivity contribution in [3.63, 3.8) is 0 Å². The molecule has 0 fully saturated rings. The van der Waals surface area contributed by atoms with Crippen molar-refractivity contribution >= 4 is 17.1 Å². The van der Waals surface area contributed by atoms with E-state index in [0.29, 0.717) is 11.4 Å². The summed E-state index contributed by atoms with van der Waals surface area (Å²) in [7, 11) is 0. The lowest BCUT2D eigenvalue weighted by atomic mass is 9.70. The van der Waals surface area contributed by atoms with E-state index in [1.54, 1.807) is 12.1 Å². The lowest BCUT2D eigenvalue weighted by Crippen LogP contribution is -2.26. The maximum atomic E-state index is 14.5. The maximum Gasteiger partial charge on any atom is 0.125 e. The molecule has 0 aliphatic heterocycles. The summed E-state index contributed by atoms with van der Waals surface area (Å²) in [5.41, 5.74) is 11.4. The number of anilines is 3. The number of fused-ring (bicyclic) bond motifs is 10. The molecule has 3 heteroatoms. The summed E-state index contributed by atoms with van der Waals surface area (Å²) in [4.78, 5) is 1.93. The van der Waals surface area contributed by atoms with Gasteiger partial charge in [-0.05, 0) is 93.0 Å². The first kappa shape index (κ1) is 22.9. The van der Waals surface area contributed by atoms with Crippen LogP contribution in [0.4, 0.5) is 25.8 Å². The van der Waals surface area contributed by atoms with Crippen molar-refractivity contribution in [3.05, 3.63) is 173 Å². The van der Waals surface area contributed by atoms with Gasteiger partial charge in [-0.2, -0.15) is 0 Å². The molecular weight excluding hydrogens is 496 g/mol. The largest absolute Gasteiger partial charge is 0.310 e. The van der Waals surface area contributed by atoms with Crippen LogP contribution in [0.25, 0.3) is 22.3 Å². The summed E-state index contributed by atoms with van der Waals surface area (Å²) < 4.78 is 29.0. The Hall–Kier alpha value is -5.02. The molecule has 2 aliphatic carbocycles. The zero-order chi connectivity index (χ0) is 26.8. The standard InChI is InChI=1S/C37H23F2N/c38-24-9-7-11-26(21-24)40(27-12-8-10-25(39)22-27)28-19-20-32-31-15-3-6-18-35(31)37(36(32)23-28)33-16-4-1-13-29(33)30-14-2-5-17-34(30)37/h1-23H. The van der Waals surface area contributed by atoms with Gasteiger partial charge in [0.1, 0.15) is 11.6 Å². The second-order valence-corrected chi connectivity index (χ2v) is 10.4. The van der Waals surface area contributed by atoms with E-state index in [9.17, 15) is 8.78 Å². The SMILES string of the molecule is Fc1cccc(N(c2cccc(F)c2)c2ccc3c(c2)C2(c4ccccc4-c4ccccc42)c2ccccc2-3)c1. The third-order valence-electron chi connectivity index (χ3n) is 8.37. The van der Waals surface area contributed by atoms with Gasteiger partial charge in [-0.15, -0.1) is 0 Å². The summed E-state index contributed by atoms with van der Waals surface area (Å²) in [6.07, 6.45) is 0. The molecule has 2 aliphatic rings. The molecule has 0 saturated heterocycles. The van der Waals surface area contributed by atoms with Gasteiger partial charge >= 0.3 is 0 Å². The van der Waals surface area contributed by atoms with Gasteiger partial charge in [0.05, 0.1) is 5.41 Å². The summed E-state index contributed by atoms with van der Waals surface area (Å²) in [5.74, 6) is -0.690. The van der Waals surface area contributed by atoms with Crippen LogP contribution in [0.5, 0.6) is 0 Å². The van der Waals surface area contributed by atoms with Gasteiger partial charge in [0.15, 0.2) is 0 Å². The Morgan fingerprint density at radius 1 is 0.375 bits per heavy atom. The fourth-order valence-electron chi connectivity index (χ4n) is 6.90. The van der Waals surface area contributed by atoms with E-state index in [1.165, 1.54) is 68.8 Å². The second-order valence-electron chi connectivity index (χ2n) is 10.4. The van der Waals surface area contributed by atoms with Gasteiger partial charge in [-0.1, -0.05) is 91.0 Å². The van der Waals surface area contributed by atoms with Crippen LogP contribution in [0.15, 0.2) is 140 Å². The minimum atomic E-state index is -0.495. The molecule has 0 radical (unpaired) electrons. The van der Waals surface area contributed by atoms with E-state index >= 15 is 0 Å². The molecule has 0 N–H and O–H groups in total. The number of hydrogen-bond acceptors (Lipinski definition) is 1. The number of benzene rings is 6. The number of halogens is 2. The molecule has 6 aromatic carbocycles. The third-order valence-corrected chi connectivity index (χ3v) is 8.37. The molecule has 0 bridgehead atoms. The third kappa shape index (κ3) is 3.06. The highest BCUT2D eigenvalue weighted by Gasteiger charge is 2.51. The van der Waals surface area contributed by atoms with Crippen LogP contribution in [-0.2, 0) is 5.41 Å². The van der Waals surface area contributed by atoms with E-state index in [1.807, 2.05) is 17.0 Å². The Morgan fingerprint density at radius 3 is 1.27 bits per heavy atom. The Labute approximate surface area is 231 Å². The highest BCUT2D eigenvalue weighted by Crippen LogP contribution is 2.63. The highest BCUT2D eigenvalue weighted by atomic mass is 19.1. The van der Waals surface area contributed by atoms with Crippen molar-refractivity contribution in [3.8, 4) is 22.3 Å². The molecule has 0 unspecified atom stereocenters. The van der Waals surface area contributed by atoms with Crippen molar-refractivity contribution in [2.24, 2.45) is 0 Å². The van der Waals surface area contributed by atoms with Gasteiger partial charge in [0.2, 0.25) is 0 Å². The number of nitrogens with zero attached hydrogens (tertiary/aromatic N) is 1. The van der Waals surface area contributed by atoms with Crippen LogP contribution in [-0.4, -0.2) is 0 Å². The monoisotopic (exact) mass is 519 g/mol. The normalized spacial score (nSPS) is 13.4. The topological polar surface area (TPSA) is 3.24 Å².